The van der Waals surface area contributed by atoms with E-state index in [4.69, 9.17) is 0 Å². The fourth-order valence-electron chi connectivity index (χ4n) is 4.29. The van der Waals surface area contributed by atoms with Crippen LogP contribution in [0, 0.1) is 11.7 Å². The zero-order valence-corrected chi connectivity index (χ0v) is 16.6. The van der Waals surface area contributed by atoms with E-state index in [9.17, 15) is 14.0 Å². The Labute approximate surface area is 169 Å². The molecule has 1 aliphatic heterocycles. The highest BCUT2D eigenvalue weighted by atomic mass is 19.1. The summed E-state index contributed by atoms with van der Waals surface area (Å²) >= 11 is 0. The van der Waals surface area contributed by atoms with Crippen LogP contribution in [0.25, 0.3) is 5.69 Å². The third-order valence-corrected chi connectivity index (χ3v) is 6.00. The maximum atomic E-state index is 13.2. The number of carbonyl (C=O) groups excluding carboxylic acids is 1. The molecule has 154 valence electrons. The summed E-state index contributed by atoms with van der Waals surface area (Å²) in [5, 5.41) is 4.46. The lowest BCUT2D eigenvalue weighted by Gasteiger charge is -2.36. The lowest BCUT2D eigenvalue weighted by Crippen LogP contribution is -2.49. The summed E-state index contributed by atoms with van der Waals surface area (Å²) in [5.41, 5.74) is 0.265. The molecule has 4 rings (SSSR count). The van der Waals surface area contributed by atoms with Crippen molar-refractivity contribution in [3.8, 4) is 5.69 Å². The van der Waals surface area contributed by atoms with Gasteiger partial charge in [-0.3, -0.25) is 9.59 Å². The van der Waals surface area contributed by atoms with Crippen LogP contribution in [0.5, 0.6) is 0 Å². The van der Waals surface area contributed by atoms with Gasteiger partial charge < -0.3 is 9.80 Å². The van der Waals surface area contributed by atoms with Gasteiger partial charge in [-0.2, -0.15) is 4.68 Å². The van der Waals surface area contributed by atoms with Crippen LogP contribution >= 0.6 is 0 Å². The van der Waals surface area contributed by atoms with Crippen molar-refractivity contribution >= 4 is 11.7 Å². The average molecular weight is 398 g/mol. The SMILES string of the molecule is O=C(CC1CCCCC1)N1CCN(c2ccc(=O)n(-c3ccc(F)cc3)n2)CC1. The van der Waals surface area contributed by atoms with Gasteiger partial charge in [-0.15, -0.1) is 5.10 Å². The Balaban J connectivity index is 1.39. The second-order valence-corrected chi connectivity index (χ2v) is 7.99. The van der Waals surface area contributed by atoms with E-state index < -0.39 is 0 Å². The number of hydrogen-bond donors (Lipinski definition) is 0. The molecular formula is C22H27FN4O2. The highest BCUT2D eigenvalue weighted by molar-refractivity contribution is 5.76. The minimum atomic E-state index is -0.355. The van der Waals surface area contributed by atoms with Crippen LogP contribution in [-0.2, 0) is 4.79 Å². The number of rotatable bonds is 4. The van der Waals surface area contributed by atoms with E-state index in [1.165, 1.54) is 67.1 Å². The zero-order valence-electron chi connectivity index (χ0n) is 16.6. The standard InChI is InChI=1S/C22H27FN4O2/c23-18-6-8-19(9-7-18)27-21(28)11-10-20(24-27)25-12-14-26(15-13-25)22(29)16-17-4-2-1-3-5-17/h6-11,17H,1-5,12-16H2. The number of anilines is 1. The van der Waals surface area contributed by atoms with Gasteiger partial charge in [0.2, 0.25) is 5.91 Å². The van der Waals surface area contributed by atoms with Gasteiger partial charge >= 0.3 is 0 Å². The molecule has 1 aromatic heterocycles. The minimum Gasteiger partial charge on any atom is -0.352 e. The topological polar surface area (TPSA) is 58.4 Å². The summed E-state index contributed by atoms with van der Waals surface area (Å²) in [5.74, 6) is 1.15. The van der Waals surface area contributed by atoms with Gasteiger partial charge in [0.15, 0.2) is 0 Å². The molecule has 0 N–H and O–H groups in total. The maximum Gasteiger partial charge on any atom is 0.271 e. The first kappa shape index (κ1) is 19.6. The smallest absolute Gasteiger partial charge is 0.271 e. The number of nitrogens with zero attached hydrogens (tertiary/aromatic N) is 4. The van der Waals surface area contributed by atoms with E-state index in [-0.39, 0.29) is 17.3 Å². The number of aromatic nitrogens is 2. The minimum absolute atomic E-state index is 0.262. The van der Waals surface area contributed by atoms with Crippen LogP contribution in [0.2, 0.25) is 0 Å². The Morgan fingerprint density at radius 2 is 1.66 bits per heavy atom. The van der Waals surface area contributed by atoms with E-state index >= 15 is 0 Å². The fraction of sp³-hybridized carbons (Fsp3) is 0.500. The third kappa shape index (κ3) is 4.66. The Kier molecular flexibility index (Phi) is 5.92. The molecule has 0 atom stereocenters. The summed E-state index contributed by atoms with van der Waals surface area (Å²) in [4.78, 5) is 28.9. The van der Waals surface area contributed by atoms with Crippen molar-refractivity contribution in [3.63, 3.8) is 0 Å². The van der Waals surface area contributed by atoms with Crippen molar-refractivity contribution in [3.05, 3.63) is 52.6 Å². The predicted octanol–water partition coefficient (Wildman–Crippen LogP) is 2.99. The highest BCUT2D eigenvalue weighted by Crippen LogP contribution is 2.27. The second-order valence-electron chi connectivity index (χ2n) is 7.99. The number of halogens is 1. The molecule has 1 aliphatic carbocycles. The molecular weight excluding hydrogens is 371 g/mol. The molecule has 7 heteroatoms. The van der Waals surface area contributed by atoms with E-state index in [0.717, 1.165) is 0 Å². The van der Waals surface area contributed by atoms with Crippen molar-refractivity contribution < 1.29 is 9.18 Å². The van der Waals surface area contributed by atoms with Gasteiger partial charge in [0.25, 0.3) is 5.56 Å². The van der Waals surface area contributed by atoms with Gasteiger partial charge in [0.1, 0.15) is 11.6 Å². The summed E-state index contributed by atoms with van der Waals surface area (Å²) in [6.45, 7) is 2.71. The van der Waals surface area contributed by atoms with Gasteiger partial charge in [-0.25, -0.2) is 4.39 Å². The number of benzene rings is 1. The van der Waals surface area contributed by atoms with Gasteiger partial charge in [0, 0.05) is 38.7 Å². The van der Waals surface area contributed by atoms with Gasteiger partial charge in [0.05, 0.1) is 5.69 Å². The largest absolute Gasteiger partial charge is 0.352 e. The molecule has 6 nitrogen and oxygen atoms in total. The van der Waals surface area contributed by atoms with E-state index in [1.807, 2.05) is 4.90 Å². The first-order valence-corrected chi connectivity index (χ1v) is 10.5. The van der Waals surface area contributed by atoms with Crippen LogP contribution < -0.4 is 10.5 Å². The van der Waals surface area contributed by atoms with E-state index in [2.05, 4.69) is 10.00 Å². The summed E-state index contributed by atoms with van der Waals surface area (Å²) in [7, 11) is 0. The Morgan fingerprint density at radius 1 is 0.966 bits per heavy atom. The maximum absolute atomic E-state index is 13.2. The molecule has 1 aromatic carbocycles. The summed E-state index contributed by atoms with van der Waals surface area (Å²) in [6, 6.07) is 8.89. The van der Waals surface area contributed by atoms with Crippen molar-refractivity contribution in [1.82, 2.24) is 14.7 Å². The fourth-order valence-corrected chi connectivity index (χ4v) is 4.29. The van der Waals surface area contributed by atoms with Crippen molar-refractivity contribution in [2.24, 2.45) is 5.92 Å². The number of carbonyl (C=O) groups is 1. The third-order valence-electron chi connectivity index (χ3n) is 6.00. The van der Waals surface area contributed by atoms with Crippen LogP contribution in [0.4, 0.5) is 10.2 Å². The van der Waals surface area contributed by atoms with Crippen molar-refractivity contribution in [1.29, 1.82) is 0 Å². The number of amides is 1. The zero-order chi connectivity index (χ0) is 20.2. The van der Waals surface area contributed by atoms with Crippen molar-refractivity contribution in [2.75, 3.05) is 31.1 Å². The van der Waals surface area contributed by atoms with Crippen LogP contribution in [0.1, 0.15) is 38.5 Å². The van der Waals surface area contributed by atoms with E-state index in [0.29, 0.717) is 50.0 Å². The molecule has 2 aliphatic rings. The van der Waals surface area contributed by atoms with Crippen molar-refractivity contribution in [2.45, 2.75) is 38.5 Å². The molecule has 0 bridgehead atoms. The second kappa shape index (κ2) is 8.76. The lowest BCUT2D eigenvalue weighted by molar-refractivity contribution is -0.132. The number of hydrogen-bond acceptors (Lipinski definition) is 4. The molecule has 1 amide bonds. The monoisotopic (exact) mass is 398 g/mol. The molecule has 2 heterocycles. The number of piperazine rings is 1. The van der Waals surface area contributed by atoms with Crippen LogP contribution in [-0.4, -0.2) is 46.8 Å². The molecule has 0 spiro atoms. The molecule has 1 saturated carbocycles. The molecule has 29 heavy (non-hydrogen) atoms. The summed E-state index contributed by atoms with van der Waals surface area (Å²) < 4.78 is 14.5. The Bertz CT molecular complexity index is 898. The van der Waals surface area contributed by atoms with Crippen LogP contribution in [0.15, 0.2) is 41.2 Å². The molecule has 0 unspecified atom stereocenters. The lowest BCUT2D eigenvalue weighted by atomic mass is 9.86. The molecule has 0 radical (unpaired) electrons. The normalized spacial score (nSPS) is 18.1. The molecule has 2 aromatic rings. The van der Waals surface area contributed by atoms with E-state index in [1.54, 1.807) is 6.07 Å². The quantitative estimate of drug-likeness (QED) is 0.795. The Hall–Kier alpha value is -2.70. The van der Waals surface area contributed by atoms with Gasteiger partial charge in [-0.1, -0.05) is 19.3 Å². The molecule has 1 saturated heterocycles. The highest BCUT2D eigenvalue weighted by Gasteiger charge is 2.25. The Morgan fingerprint density at radius 3 is 2.34 bits per heavy atom. The van der Waals surface area contributed by atoms with Gasteiger partial charge in [-0.05, 0) is 49.1 Å². The first-order chi connectivity index (χ1) is 14.1. The van der Waals surface area contributed by atoms with Crippen LogP contribution in [0.3, 0.4) is 0 Å². The molecule has 2 fully saturated rings. The first-order valence-electron chi connectivity index (χ1n) is 10.5. The summed E-state index contributed by atoms with van der Waals surface area (Å²) in [6.07, 6.45) is 6.84. The predicted molar refractivity (Wildman–Crippen MR) is 110 cm³/mol. The average Bonchev–Trinajstić information content (AvgIpc) is 2.76.